The molecule has 0 aromatic heterocycles. The number of ether oxygens (including phenoxy) is 1. The first-order valence-corrected chi connectivity index (χ1v) is 8.59. The third kappa shape index (κ3) is 3.53. The molecule has 2 amide bonds. The summed E-state index contributed by atoms with van der Waals surface area (Å²) in [6.07, 6.45) is 1.08. The van der Waals surface area contributed by atoms with E-state index in [0.717, 1.165) is 37.3 Å². The summed E-state index contributed by atoms with van der Waals surface area (Å²) in [5.41, 5.74) is 1.80. The number of carbonyl (C=O) groups is 2. The summed E-state index contributed by atoms with van der Waals surface area (Å²) in [6.45, 7) is 5.81. The fourth-order valence-corrected chi connectivity index (χ4v) is 3.39. The molecule has 2 heterocycles. The average molecular weight is 331 g/mol. The molecule has 1 atom stereocenters. The number of anilines is 1. The van der Waals surface area contributed by atoms with E-state index < -0.39 is 0 Å². The molecule has 6 nitrogen and oxygen atoms in total. The molecule has 24 heavy (non-hydrogen) atoms. The Balaban J connectivity index is 1.63. The van der Waals surface area contributed by atoms with Crippen LogP contribution in [0, 0.1) is 0 Å². The summed E-state index contributed by atoms with van der Waals surface area (Å²) < 4.78 is 4.95. The number of cyclic esters (lactones) is 1. The third-order valence-electron chi connectivity index (χ3n) is 4.84. The van der Waals surface area contributed by atoms with Gasteiger partial charge in [0, 0.05) is 31.4 Å². The molecule has 0 aliphatic carbocycles. The number of hydrogen-bond donors (Lipinski definition) is 0. The van der Waals surface area contributed by atoms with Gasteiger partial charge in [0.25, 0.3) is 0 Å². The largest absolute Gasteiger partial charge is 0.447 e. The highest BCUT2D eigenvalue weighted by molar-refractivity contribution is 5.89. The lowest BCUT2D eigenvalue weighted by molar-refractivity contribution is -0.135. The zero-order chi connectivity index (χ0) is 17.1. The van der Waals surface area contributed by atoms with Crippen molar-refractivity contribution in [3.8, 4) is 0 Å². The number of amides is 2. The van der Waals surface area contributed by atoms with Crippen molar-refractivity contribution in [3.05, 3.63) is 29.8 Å². The lowest BCUT2D eigenvalue weighted by atomic mass is 10.1. The van der Waals surface area contributed by atoms with Gasteiger partial charge in [0.15, 0.2) is 0 Å². The molecule has 1 unspecified atom stereocenters. The molecule has 2 fully saturated rings. The van der Waals surface area contributed by atoms with E-state index in [9.17, 15) is 9.59 Å². The van der Waals surface area contributed by atoms with Crippen molar-refractivity contribution in [2.75, 3.05) is 44.7 Å². The summed E-state index contributed by atoms with van der Waals surface area (Å²) in [6, 6.07) is 7.92. The van der Waals surface area contributed by atoms with Gasteiger partial charge in [0.1, 0.15) is 6.61 Å². The maximum Gasteiger partial charge on any atom is 0.414 e. The zero-order valence-electron chi connectivity index (χ0n) is 14.4. The molecule has 0 bridgehead atoms. The fraction of sp³-hybridized carbons (Fsp3) is 0.556. The zero-order valence-corrected chi connectivity index (χ0v) is 14.4. The van der Waals surface area contributed by atoms with Crippen LogP contribution in [0.5, 0.6) is 0 Å². The highest BCUT2D eigenvalue weighted by Crippen LogP contribution is 2.20. The first-order chi connectivity index (χ1) is 11.6. The Kier molecular flexibility index (Phi) is 5.04. The van der Waals surface area contributed by atoms with Gasteiger partial charge in [0.05, 0.1) is 13.0 Å². The normalized spacial score (nSPS) is 21.9. The van der Waals surface area contributed by atoms with Crippen LogP contribution < -0.4 is 4.90 Å². The molecule has 130 valence electrons. The predicted octanol–water partition coefficient (Wildman–Crippen LogP) is 1.74. The van der Waals surface area contributed by atoms with Crippen molar-refractivity contribution in [2.45, 2.75) is 25.8 Å². The summed E-state index contributed by atoms with van der Waals surface area (Å²) in [7, 11) is 2.10. The third-order valence-corrected chi connectivity index (χ3v) is 4.84. The number of likely N-dealkylation sites (N-methyl/N-ethyl adjacent to an activating group) is 1. The molecule has 1 aromatic carbocycles. The van der Waals surface area contributed by atoms with E-state index in [-0.39, 0.29) is 12.0 Å². The van der Waals surface area contributed by atoms with Gasteiger partial charge in [-0.1, -0.05) is 19.1 Å². The molecular formula is C18H25N3O3. The minimum Gasteiger partial charge on any atom is -0.447 e. The molecule has 1 aromatic rings. The predicted molar refractivity (Wildman–Crippen MR) is 92.1 cm³/mol. The van der Waals surface area contributed by atoms with Crippen LogP contribution in [0.25, 0.3) is 0 Å². The fourth-order valence-electron chi connectivity index (χ4n) is 3.39. The Morgan fingerprint density at radius 3 is 2.58 bits per heavy atom. The summed E-state index contributed by atoms with van der Waals surface area (Å²) >= 11 is 0. The minimum absolute atomic E-state index is 0.184. The van der Waals surface area contributed by atoms with Gasteiger partial charge < -0.3 is 14.5 Å². The second-order valence-corrected chi connectivity index (χ2v) is 6.52. The van der Waals surface area contributed by atoms with E-state index in [1.54, 1.807) is 4.90 Å². The van der Waals surface area contributed by atoms with Crippen molar-refractivity contribution >= 4 is 17.7 Å². The Morgan fingerprint density at radius 2 is 1.96 bits per heavy atom. The Labute approximate surface area is 143 Å². The van der Waals surface area contributed by atoms with Crippen LogP contribution in [0.2, 0.25) is 0 Å². The first kappa shape index (κ1) is 16.8. The highest BCUT2D eigenvalue weighted by atomic mass is 16.6. The Hall–Kier alpha value is -2.08. The van der Waals surface area contributed by atoms with E-state index in [1.807, 2.05) is 29.2 Å². The molecule has 2 saturated heterocycles. The van der Waals surface area contributed by atoms with Gasteiger partial charge >= 0.3 is 6.09 Å². The van der Waals surface area contributed by atoms with E-state index >= 15 is 0 Å². The second-order valence-electron chi connectivity index (χ2n) is 6.52. The Morgan fingerprint density at radius 1 is 1.21 bits per heavy atom. The first-order valence-electron chi connectivity index (χ1n) is 8.59. The van der Waals surface area contributed by atoms with Gasteiger partial charge in [-0.25, -0.2) is 4.79 Å². The van der Waals surface area contributed by atoms with Crippen molar-refractivity contribution < 1.29 is 14.3 Å². The molecule has 0 radical (unpaired) electrons. The van der Waals surface area contributed by atoms with Gasteiger partial charge in [-0.2, -0.15) is 0 Å². The lowest BCUT2D eigenvalue weighted by Crippen LogP contribution is -2.54. The van der Waals surface area contributed by atoms with Crippen LogP contribution in [0.4, 0.5) is 10.5 Å². The number of rotatable bonds is 4. The van der Waals surface area contributed by atoms with Gasteiger partial charge in [0.2, 0.25) is 5.91 Å². The molecular weight excluding hydrogens is 306 g/mol. The van der Waals surface area contributed by atoms with E-state index in [1.165, 1.54) is 0 Å². The van der Waals surface area contributed by atoms with Crippen LogP contribution in [0.1, 0.15) is 18.9 Å². The SMILES string of the molecule is CCC1CN(C)CCN1C(=O)Cc1ccc(N2CCOC2=O)cc1. The lowest BCUT2D eigenvalue weighted by Gasteiger charge is -2.39. The van der Waals surface area contributed by atoms with Crippen LogP contribution in [-0.4, -0.2) is 67.7 Å². The quantitative estimate of drug-likeness (QED) is 0.843. The number of nitrogens with zero attached hydrogens (tertiary/aromatic N) is 3. The maximum absolute atomic E-state index is 12.7. The topological polar surface area (TPSA) is 53.1 Å². The van der Waals surface area contributed by atoms with Crippen molar-refractivity contribution in [1.82, 2.24) is 9.80 Å². The number of piperazine rings is 1. The standard InChI is InChI=1S/C18H25N3O3/c1-3-15-13-19(2)8-9-20(15)17(22)12-14-4-6-16(7-5-14)21-10-11-24-18(21)23/h4-7,15H,3,8-13H2,1-2H3. The van der Waals surface area contributed by atoms with Crippen molar-refractivity contribution in [3.63, 3.8) is 0 Å². The van der Waals surface area contributed by atoms with Gasteiger partial charge in [-0.05, 0) is 31.2 Å². The van der Waals surface area contributed by atoms with E-state index in [0.29, 0.717) is 25.6 Å². The number of benzene rings is 1. The number of carbonyl (C=O) groups excluding carboxylic acids is 2. The number of hydrogen-bond acceptors (Lipinski definition) is 4. The van der Waals surface area contributed by atoms with Crippen LogP contribution in [-0.2, 0) is 16.0 Å². The van der Waals surface area contributed by atoms with E-state index in [4.69, 9.17) is 4.74 Å². The minimum atomic E-state index is -0.304. The van der Waals surface area contributed by atoms with Crippen LogP contribution in [0.3, 0.4) is 0 Å². The molecule has 0 N–H and O–H groups in total. The van der Waals surface area contributed by atoms with Crippen molar-refractivity contribution in [1.29, 1.82) is 0 Å². The molecule has 3 rings (SSSR count). The average Bonchev–Trinajstić information content (AvgIpc) is 3.01. The second kappa shape index (κ2) is 7.21. The van der Waals surface area contributed by atoms with E-state index in [2.05, 4.69) is 18.9 Å². The molecule has 2 aliphatic rings. The summed E-state index contributed by atoms with van der Waals surface area (Å²) in [4.78, 5) is 30.1. The molecule has 0 saturated carbocycles. The summed E-state index contributed by atoms with van der Waals surface area (Å²) in [5, 5.41) is 0. The highest BCUT2D eigenvalue weighted by Gasteiger charge is 2.28. The smallest absolute Gasteiger partial charge is 0.414 e. The molecule has 2 aliphatic heterocycles. The van der Waals surface area contributed by atoms with Crippen molar-refractivity contribution in [2.24, 2.45) is 0 Å². The molecule has 6 heteroatoms. The maximum atomic E-state index is 12.7. The van der Waals surface area contributed by atoms with Gasteiger partial charge in [-0.15, -0.1) is 0 Å². The Bertz CT molecular complexity index is 602. The molecule has 0 spiro atoms. The van der Waals surface area contributed by atoms with Crippen LogP contribution in [0.15, 0.2) is 24.3 Å². The van der Waals surface area contributed by atoms with Crippen LogP contribution >= 0.6 is 0 Å². The monoisotopic (exact) mass is 331 g/mol. The van der Waals surface area contributed by atoms with Gasteiger partial charge in [-0.3, -0.25) is 9.69 Å². The summed E-state index contributed by atoms with van der Waals surface area (Å²) in [5.74, 6) is 0.184.